The van der Waals surface area contributed by atoms with E-state index in [4.69, 9.17) is 9.47 Å². The van der Waals surface area contributed by atoms with Gasteiger partial charge in [0.25, 0.3) is 11.8 Å². The average molecular weight is 408 g/mol. The van der Waals surface area contributed by atoms with Gasteiger partial charge in [0, 0.05) is 25.4 Å². The monoisotopic (exact) mass is 408 g/mol. The molecule has 2 amide bonds. The second-order valence-corrected chi connectivity index (χ2v) is 7.21. The highest BCUT2D eigenvalue weighted by atomic mass is 16.5. The minimum absolute atomic E-state index is 0.282. The van der Waals surface area contributed by atoms with Crippen LogP contribution in [0.25, 0.3) is 5.57 Å². The molecule has 0 atom stereocenters. The predicted octanol–water partition coefficient (Wildman–Crippen LogP) is 3.93. The summed E-state index contributed by atoms with van der Waals surface area (Å²) >= 11 is 0. The highest BCUT2D eigenvalue weighted by Gasteiger charge is 2.38. The van der Waals surface area contributed by atoms with Crippen molar-refractivity contribution >= 4 is 23.1 Å². The van der Waals surface area contributed by atoms with Gasteiger partial charge in [0.15, 0.2) is 0 Å². The smallest absolute Gasteiger partial charge is 0.278 e. The Morgan fingerprint density at radius 2 is 1.70 bits per heavy atom. The van der Waals surface area contributed by atoms with Gasteiger partial charge >= 0.3 is 0 Å². The number of ether oxygens (including phenoxy) is 2. The summed E-state index contributed by atoms with van der Waals surface area (Å²) in [5.74, 6) is 0.117. The zero-order valence-corrected chi connectivity index (χ0v) is 18.0. The maximum atomic E-state index is 13.2. The summed E-state index contributed by atoms with van der Waals surface area (Å²) in [6, 6.07) is 13.1. The molecule has 0 fully saturated rings. The van der Waals surface area contributed by atoms with Crippen LogP contribution in [-0.4, -0.2) is 43.6 Å². The standard InChI is InChI=1S/C24H28N2O4/c1-5-30-14-6-13-26-23(27)21(18-8-7-16(2)17(3)15-18)22(24(26)28)25-19-9-11-20(29-4)12-10-19/h7-12,15,25H,5-6,13-14H2,1-4H3. The van der Waals surface area contributed by atoms with Crippen LogP contribution in [0.2, 0.25) is 0 Å². The van der Waals surface area contributed by atoms with E-state index in [0.717, 1.165) is 22.4 Å². The molecule has 158 valence electrons. The summed E-state index contributed by atoms with van der Waals surface area (Å²) < 4.78 is 10.6. The molecule has 1 aliphatic rings. The first kappa shape index (κ1) is 21.6. The number of benzene rings is 2. The quantitative estimate of drug-likeness (QED) is 0.503. The molecule has 0 spiro atoms. The van der Waals surface area contributed by atoms with Crippen molar-refractivity contribution in [2.75, 3.05) is 32.2 Å². The number of anilines is 1. The number of carbonyl (C=O) groups excluding carboxylic acids is 2. The van der Waals surface area contributed by atoms with Crippen molar-refractivity contribution in [1.29, 1.82) is 0 Å². The molecular formula is C24H28N2O4. The molecule has 0 radical (unpaired) electrons. The Bertz CT molecular complexity index is 964. The molecule has 0 bridgehead atoms. The topological polar surface area (TPSA) is 67.9 Å². The number of methoxy groups -OCH3 is 1. The molecule has 1 aliphatic heterocycles. The molecule has 1 heterocycles. The van der Waals surface area contributed by atoms with Gasteiger partial charge in [-0.15, -0.1) is 0 Å². The second kappa shape index (κ2) is 9.59. The normalized spacial score (nSPS) is 13.9. The molecule has 2 aromatic rings. The molecule has 6 nitrogen and oxygen atoms in total. The van der Waals surface area contributed by atoms with Crippen LogP contribution in [-0.2, 0) is 14.3 Å². The van der Waals surface area contributed by atoms with E-state index in [2.05, 4.69) is 5.32 Å². The summed E-state index contributed by atoms with van der Waals surface area (Å²) in [6.07, 6.45) is 0.599. The van der Waals surface area contributed by atoms with E-state index in [9.17, 15) is 9.59 Å². The average Bonchev–Trinajstić information content (AvgIpc) is 2.97. The Balaban J connectivity index is 1.95. The van der Waals surface area contributed by atoms with Gasteiger partial charge in [-0.2, -0.15) is 0 Å². The first-order valence-corrected chi connectivity index (χ1v) is 10.1. The van der Waals surface area contributed by atoms with Crippen molar-refractivity contribution in [2.45, 2.75) is 27.2 Å². The van der Waals surface area contributed by atoms with Crippen molar-refractivity contribution in [3.05, 3.63) is 64.9 Å². The van der Waals surface area contributed by atoms with Crippen molar-refractivity contribution in [1.82, 2.24) is 4.90 Å². The summed E-state index contributed by atoms with van der Waals surface area (Å²) in [6.45, 7) is 7.37. The van der Waals surface area contributed by atoms with Crippen LogP contribution in [0, 0.1) is 13.8 Å². The predicted molar refractivity (Wildman–Crippen MR) is 117 cm³/mol. The summed E-state index contributed by atoms with van der Waals surface area (Å²) in [5, 5.41) is 3.17. The molecule has 6 heteroatoms. The number of hydrogen-bond donors (Lipinski definition) is 1. The molecule has 0 saturated carbocycles. The van der Waals surface area contributed by atoms with E-state index >= 15 is 0 Å². The molecule has 0 saturated heterocycles. The number of carbonyl (C=O) groups is 2. The Hall–Kier alpha value is -3.12. The number of nitrogens with one attached hydrogen (secondary N) is 1. The minimum atomic E-state index is -0.319. The van der Waals surface area contributed by atoms with Crippen molar-refractivity contribution < 1.29 is 19.1 Å². The van der Waals surface area contributed by atoms with E-state index in [1.807, 2.05) is 51.1 Å². The SMILES string of the molecule is CCOCCCN1C(=O)C(Nc2ccc(OC)cc2)=C(c2ccc(C)c(C)c2)C1=O. The lowest BCUT2D eigenvalue weighted by atomic mass is 9.99. The Morgan fingerprint density at radius 1 is 0.967 bits per heavy atom. The molecule has 30 heavy (non-hydrogen) atoms. The Kier molecular flexibility index (Phi) is 6.90. The van der Waals surface area contributed by atoms with E-state index in [1.54, 1.807) is 19.2 Å². The van der Waals surface area contributed by atoms with Crippen LogP contribution in [0.4, 0.5) is 5.69 Å². The lowest BCUT2D eigenvalue weighted by Gasteiger charge is -2.15. The third kappa shape index (κ3) is 4.54. The van der Waals surface area contributed by atoms with E-state index < -0.39 is 0 Å². The van der Waals surface area contributed by atoms with Gasteiger partial charge in [-0.1, -0.05) is 18.2 Å². The Labute approximate surface area is 177 Å². The van der Waals surface area contributed by atoms with Crippen LogP contribution in [0.5, 0.6) is 5.75 Å². The number of hydrogen-bond acceptors (Lipinski definition) is 5. The van der Waals surface area contributed by atoms with Gasteiger partial charge in [0.05, 0.1) is 12.7 Å². The van der Waals surface area contributed by atoms with Crippen molar-refractivity contribution in [3.8, 4) is 5.75 Å². The van der Waals surface area contributed by atoms with Crippen LogP contribution < -0.4 is 10.1 Å². The second-order valence-electron chi connectivity index (χ2n) is 7.21. The van der Waals surface area contributed by atoms with Crippen molar-refractivity contribution in [3.63, 3.8) is 0 Å². The summed E-state index contributed by atoms with van der Waals surface area (Å²) in [4.78, 5) is 27.7. The molecule has 2 aromatic carbocycles. The van der Waals surface area contributed by atoms with Crippen LogP contribution in [0.15, 0.2) is 48.2 Å². The van der Waals surface area contributed by atoms with E-state index in [-0.39, 0.29) is 11.8 Å². The maximum absolute atomic E-state index is 13.2. The lowest BCUT2D eigenvalue weighted by Crippen LogP contribution is -2.34. The highest BCUT2D eigenvalue weighted by Crippen LogP contribution is 2.32. The fraction of sp³-hybridized carbons (Fsp3) is 0.333. The highest BCUT2D eigenvalue weighted by molar-refractivity contribution is 6.36. The lowest BCUT2D eigenvalue weighted by molar-refractivity contribution is -0.137. The van der Waals surface area contributed by atoms with Gasteiger partial charge in [0.2, 0.25) is 0 Å². The van der Waals surface area contributed by atoms with Gasteiger partial charge in [-0.05, 0) is 68.1 Å². The van der Waals surface area contributed by atoms with Gasteiger partial charge in [-0.25, -0.2) is 0 Å². The zero-order valence-electron chi connectivity index (χ0n) is 18.0. The summed E-state index contributed by atoms with van der Waals surface area (Å²) in [7, 11) is 1.60. The zero-order chi connectivity index (χ0) is 21.7. The maximum Gasteiger partial charge on any atom is 0.278 e. The van der Waals surface area contributed by atoms with Crippen LogP contribution in [0.1, 0.15) is 30.0 Å². The number of aryl methyl sites for hydroxylation is 2. The van der Waals surface area contributed by atoms with Gasteiger partial charge in [0.1, 0.15) is 11.4 Å². The number of nitrogens with zero attached hydrogens (tertiary/aromatic N) is 1. The van der Waals surface area contributed by atoms with E-state index in [0.29, 0.717) is 43.1 Å². The Morgan fingerprint density at radius 3 is 2.33 bits per heavy atom. The van der Waals surface area contributed by atoms with Crippen LogP contribution in [0.3, 0.4) is 0 Å². The van der Waals surface area contributed by atoms with Gasteiger partial charge in [-0.3, -0.25) is 14.5 Å². The van der Waals surface area contributed by atoms with Crippen LogP contribution >= 0.6 is 0 Å². The largest absolute Gasteiger partial charge is 0.497 e. The fourth-order valence-corrected chi connectivity index (χ4v) is 3.35. The first-order valence-electron chi connectivity index (χ1n) is 10.1. The number of rotatable bonds is 9. The molecule has 1 N–H and O–H groups in total. The number of imide groups is 1. The fourth-order valence-electron chi connectivity index (χ4n) is 3.35. The molecule has 0 aliphatic carbocycles. The van der Waals surface area contributed by atoms with Gasteiger partial charge < -0.3 is 14.8 Å². The molecule has 0 aromatic heterocycles. The molecular weight excluding hydrogens is 380 g/mol. The third-order valence-electron chi connectivity index (χ3n) is 5.20. The third-order valence-corrected chi connectivity index (χ3v) is 5.20. The van der Waals surface area contributed by atoms with Crippen molar-refractivity contribution in [2.24, 2.45) is 0 Å². The van der Waals surface area contributed by atoms with E-state index in [1.165, 1.54) is 4.90 Å². The first-order chi connectivity index (χ1) is 14.5. The molecule has 0 unspecified atom stereocenters. The molecule has 3 rings (SSSR count). The number of amides is 2. The summed E-state index contributed by atoms with van der Waals surface area (Å²) in [5.41, 5.74) is 4.34. The minimum Gasteiger partial charge on any atom is -0.497 e.